The molecule has 0 aromatic heterocycles. The molecule has 1 fully saturated rings. The lowest BCUT2D eigenvalue weighted by molar-refractivity contribution is 0.102. The molecule has 1 aliphatic heterocycles. The van der Waals surface area contributed by atoms with Gasteiger partial charge in [-0.15, -0.1) is 0 Å². The molecule has 0 bridgehead atoms. The van der Waals surface area contributed by atoms with Gasteiger partial charge in [-0.3, -0.25) is 0 Å². The summed E-state index contributed by atoms with van der Waals surface area (Å²) in [6, 6.07) is 3.47. The van der Waals surface area contributed by atoms with E-state index in [-0.39, 0.29) is 27.6 Å². The van der Waals surface area contributed by atoms with Crippen LogP contribution < -0.4 is 5.73 Å². The molecule has 0 radical (unpaired) electrons. The zero-order chi connectivity index (χ0) is 15.8. The maximum Gasteiger partial charge on any atom is 0.243 e. The van der Waals surface area contributed by atoms with Crippen LogP contribution in [-0.2, 0) is 14.8 Å². The number of ether oxygens (including phenoxy) is 1. The molecule has 1 saturated heterocycles. The molecule has 21 heavy (non-hydrogen) atoms. The van der Waals surface area contributed by atoms with Crippen molar-refractivity contribution in [1.29, 1.82) is 0 Å². The third-order valence-corrected chi connectivity index (χ3v) is 5.81. The third kappa shape index (κ3) is 2.94. The molecule has 1 heterocycles. The van der Waals surface area contributed by atoms with Crippen LogP contribution in [0.4, 0.5) is 4.39 Å². The summed E-state index contributed by atoms with van der Waals surface area (Å²) in [7, 11) is -2.45. The van der Waals surface area contributed by atoms with Crippen molar-refractivity contribution in [1.82, 2.24) is 4.31 Å². The Kier molecular flexibility index (Phi) is 4.62. The van der Waals surface area contributed by atoms with Crippen LogP contribution in [0.25, 0.3) is 0 Å². The topological polar surface area (TPSA) is 72.6 Å². The van der Waals surface area contributed by atoms with E-state index in [4.69, 9.17) is 22.7 Å². The number of nitrogens with two attached hydrogens (primary N) is 1. The number of benzene rings is 1. The average molecular weight is 332 g/mol. The minimum absolute atomic E-state index is 0.211. The Morgan fingerprint density at radius 2 is 2.19 bits per heavy atom. The Labute approximate surface area is 128 Å². The van der Waals surface area contributed by atoms with E-state index in [0.29, 0.717) is 13.0 Å². The van der Waals surface area contributed by atoms with Crippen molar-refractivity contribution in [3.63, 3.8) is 0 Å². The summed E-state index contributed by atoms with van der Waals surface area (Å²) in [5.41, 5.74) is 5.23. The fourth-order valence-corrected chi connectivity index (χ4v) is 4.42. The van der Waals surface area contributed by atoms with Gasteiger partial charge < -0.3 is 10.5 Å². The summed E-state index contributed by atoms with van der Waals surface area (Å²) < 4.78 is 45.9. The first kappa shape index (κ1) is 16.3. The van der Waals surface area contributed by atoms with Crippen molar-refractivity contribution in [3.05, 3.63) is 29.6 Å². The van der Waals surface area contributed by atoms with Crippen LogP contribution in [0.5, 0.6) is 0 Å². The van der Waals surface area contributed by atoms with E-state index in [1.54, 1.807) is 0 Å². The molecule has 116 valence electrons. The lowest BCUT2D eigenvalue weighted by Gasteiger charge is -2.26. The highest BCUT2D eigenvalue weighted by Crippen LogP contribution is 2.27. The molecule has 8 heteroatoms. The number of hydrogen-bond donors (Lipinski definition) is 1. The molecular weight excluding hydrogens is 315 g/mol. The van der Waals surface area contributed by atoms with Crippen LogP contribution in [0, 0.1) is 5.82 Å². The number of nitrogens with zero attached hydrogens (tertiary/aromatic N) is 1. The number of thiocarbonyl (C=S) groups is 1. The highest BCUT2D eigenvalue weighted by atomic mass is 32.2. The van der Waals surface area contributed by atoms with Crippen LogP contribution in [0.15, 0.2) is 23.1 Å². The van der Waals surface area contributed by atoms with Gasteiger partial charge >= 0.3 is 0 Å². The van der Waals surface area contributed by atoms with Crippen molar-refractivity contribution >= 4 is 27.2 Å². The molecule has 1 aromatic rings. The normalized spacial score (nSPS) is 22.7. The first-order chi connectivity index (χ1) is 9.76. The van der Waals surface area contributed by atoms with Gasteiger partial charge in [-0.25, -0.2) is 12.8 Å². The van der Waals surface area contributed by atoms with E-state index in [2.05, 4.69) is 0 Å². The minimum atomic E-state index is -3.91. The maximum atomic E-state index is 13.9. The Morgan fingerprint density at radius 1 is 1.52 bits per heavy atom. The summed E-state index contributed by atoms with van der Waals surface area (Å²) in [6.45, 7) is 2.31. The standard InChI is InChI=1S/C13H17FN2O3S2/c1-8-10(6-7-19-8)16(2)21(17,18)11-5-3-4-9(14)12(11)13(15)20/h3-5,8,10H,6-7H2,1-2H3,(H2,15,20). The van der Waals surface area contributed by atoms with E-state index in [0.717, 1.165) is 6.07 Å². The van der Waals surface area contributed by atoms with Gasteiger partial charge in [-0.1, -0.05) is 18.3 Å². The zero-order valence-corrected chi connectivity index (χ0v) is 13.4. The largest absolute Gasteiger partial charge is 0.389 e. The van der Waals surface area contributed by atoms with Gasteiger partial charge in [-0.05, 0) is 25.5 Å². The lowest BCUT2D eigenvalue weighted by atomic mass is 10.2. The van der Waals surface area contributed by atoms with Crippen molar-refractivity contribution in [3.8, 4) is 0 Å². The summed E-state index contributed by atoms with van der Waals surface area (Å²) >= 11 is 4.78. The Hall–Kier alpha value is -1.09. The van der Waals surface area contributed by atoms with Crippen molar-refractivity contribution in [2.24, 2.45) is 5.73 Å². The second-order valence-corrected chi connectivity index (χ2v) is 7.34. The molecule has 2 rings (SSSR count). The van der Waals surface area contributed by atoms with Gasteiger partial charge in [0.1, 0.15) is 10.8 Å². The van der Waals surface area contributed by atoms with Gasteiger partial charge in [0.2, 0.25) is 10.0 Å². The molecule has 0 spiro atoms. The molecule has 1 aliphatic rings. The van der Waals surface area contributed by atoms with Crippen LogP contribution in [0.1, 0.15) is 18.9 Å². The monoisotopic (exact) mass is 332 g/mol. The molecule has 0 aliphatic carbocycles. The molecule has 2 atom stereocenters. The highest BCUT2D eigenvalue weighted by Gasteiger charge is 2.36. The molecule has 1 aromatic carbocycles. The number of likely N-dealkylation sites (N-methyl/N-ethyl adjacent to an activating group) is 1. The number of halogens is 1. The van der Waals surface area contributed by atoms with Crippen molar-refractivity contribution in [2.75, 3.05) is 13.7 Å². The second-order valence-electron chi connectivity index (χ2n) is 4.93. The van der Waals surface area contributed by atoms with E-state index in [1.165, 1.54) is 23.5 Å². The zero-order valence-electron chi connectivity index (χ0n) is 11.7. The molecule has 0 saturated carbocycles. The van der Waals surface area contributed by atoms with Crippen molar-refractivity contribution < 1.29 is 17.5 Å². The van der Waals surface area contributed by atoms with Crippen molar-refractivity contribution in [2.45, 2.75) is 30.4 Å². The number of hydrogen-bond acceptors (Lipinski definition) is 4. The number of rotatable bonds is 4. The minimum Gasteiger partial charge on any atom is -0.389 e. The lowest BCUT2D eigenvalue weighted by Crippen LogP contribution is -2.41. The van der Waals surface area contributed by atoms with Gasteiger partial charge in [0.05, 0.1) is 22.6 Å². The molecule has 5 nitrogen and oxygen atoms in total. The second kappa shape index (κ2) is 5.96. The first-order valence-electron chi connectivity index (χ1n) is 6.44. The van der Waals surface area contributed by atoms with Crippen LogP contribution in [0.2, 0.25) is 0 Å². The Morgan fingerprint density at radius 3 is 2.71 bits per heavy atom. The van der Waals surface area contributed by atoms with Crippen LogP contribution in [-0.4, -0.2) is 43.5 Å². The van der Waals surface area contributed by atoms with E-state index in [1.807, 2.05) is 6.92 Å². The summed E-state index contributed by atoms with van der Waals surface area (Å²) in [6.07, 6.45) is 0.376. The predicted octanol–water partition coefficient (Wildman–Crippen LogP) is 1.26. The quantitative estimate of drug-likeness (QED) is 0.841. The van der Waals surface area contributed by atoms with Gasteiger partial charge in [0.25, 0.3) is 0 Å². The molecule has 2 N–H and O–H groups in total. The fraction of sp³-hybridized carbons (Fsp3) is 0.462. The maximum absolute atomic E-state index is 13.9. The summed E-state index contributed by atoms with van der Waals surface area (Å²) in [5, 5.41) is 0. The van der Waals surface area contributed by atoms with E-state index >= 15 is 0 Å². The van der Waals surface area contributed by atoms with Gasteiger partial charge in [0.15, 0.2) is 0 Å². The van der Waals surface area contributed by atoms with Gasteiger partial charge in [0, 0.05) is 13.7 Å². The molecular formula is C13H17FN2O3S2. The van der Waals surface area contributed by atoms with Crippen LogP contribution in [0.3, 0.4) is 0 Å². The predicted molar refractivity (Wildman–Crippen MR) is 81.1 cm³/mol. The SMILES string of the molecule is CC1OCCC1N(C)S(=O)(=O)c1cccc(F)c1C(N)=S. The van der Waals surface area contributed by atoms with E-state index < -0.39 is 15.8 Å². The summed E-state index contributed by atoms with van der Waals surface area (Å²) in [5.74, 6) is -0.743. The Bertz CT molecular complexity index is 663. The smallest absolute Gasteiger partial charge is 0.243 e. The fourth-order valence-electron chi connectivity index (χ4n) is 2.49. The van der Waals surface area contributed by atoms with E-state index in [9.17, 15) is 12.8 Å². The average Bonchev–Trinajstić information content (AvgIpc) is 2.83. The summed E-state index contributed by atoms with van der Waals surface area (Å²) in [4.78, 5) is -0.493. The van der Waals surface area contributed by atoms with Gasteiger partial charge in [-0.2, -0.15) is 4.31 Å². The third-order valence-electron chi connectivity index (χ3n) is 3.68. The molecule has 2 unspecified atom stereocenters. The first-order valence-corrected chi connectivity index (χ1v) is 8.29. The van der Waals surface area contributed by atoms with Crippen LogP contribution >= 0.6 is 12.2 Å². The Balaban J connectivity index is 2.49. The number of sulfonamides is 1. The molecule has 0 amide bonds. The highest BCUT2D eigenvalue weighted by molar-refractivity contribution is 7.89.